The topological polar surface area (TPSA) is 38.0 Å². The van der Waals surface area contributed by atoms with Gasteiger partial charge >= 0.3 is 0 Å². The fourth-order valence-corrected chi connectivity index (χ4v) is 2.68. The lowest BCUT2D eigenvalue weighted by molar-refractivity contribution is 0.0753. The third-order valence-electron chi connectivity index (χ3n) is 4.15. The standard InChI is InChI=1S/C15H24N2/c1-12(2)14-8-15(9-14,11-16)17-10-13-6-4-3-5-7-13/h3-7,12,14,17H,8-11,16H2,1-2H3. The van der Waals surface area contributed by atoms with E-state index in [1.807, 2.05) is 0 Å². The minimum Gasteiger partial charge on any atom is -0.329 e. The molecule has 94 valence electrons. The molecule has 2 rings (SSSR count). The summed E-state index contributed by atoms with van der Waals surface area (Å²) in [6.07, 6.45) is 2.46. The van der Waals surface area contributed by atoms with Crippen molar-refractivity contribution in [3.8, 4) is 0 Å². The van der Waals surface area contributed by atoms with E-state index in [-0.39, 0.29) is 5.54 Å². The highest BCUT2D eigenvalue weighted by molar-refractivity contribution is 5.15. The second-order valence-corrected chi connectivity index (χ2v) is 5.74. The normalized spacial score (nSPS) is 28.1. The van der Waals surface area contributed by atoms with Crippen LogP contribution in [-0.2, 0) is 6.54 Å². The van der Waals surface area contributed by atoms with Crippen LogP contribution in [0.2, 0.25) is 0 Å². The van der Waals surface area contributed by atoms with E-state index < -0.39 is 0 Å². The molecule has 1 aliphatic rings. The molecule has 2 heteroatoms. The lowest BCUT2D eigenvalue weighted by Crippen LogP contribution is -2.60. The molecule has 0 heterocycles. The maximum Gasteiger partial charge on any atom is 0.0312 e. The van der Waals surface area contributed by atoms with Gasteiger partial charge in [-0.15, -0.1) is 0 Å². The summed E-state index contributed by atoms with van der Waals surface area (Å²) in [5, 5.41) is 3.66. The molecule has 17 heavy (non-hydrogen) atoms. The summed E-state index contributed by atoms with van der Waals surface area (Å²) in [5.74, 6) is 1.63. The van der Waals surface area contributed by atoms with Gasteiger partial charge in [-0.2, -0.15) is 0 Å². The summed E-state index contributed by atoms with van der Waals surface area (Å²) < 4.78 is 0. The second-order valence-electron chi connectivity index (χ2n) is 5.74. The molecule has 0 radical (unpaired) electrons. The van der Waals surface area contributed by atoms with Gasteiger partial charge in [0, 0.05) is 18.6 Å². The number of rotatable bonds is 5. The van der Waals surface area contributed by atoms with Crippen molar-refractivity contribution in [1.82, 2.24) is 5.32 Å². The summed E-state index contributed by atoms with van der Waals surface area (Å²) in [6.45, 7) is 6.30. The van der Waals surface area contributed by atoms with Gasteiger partial charge in [0.1, 0.15) is 0 Å². The van der Waals surface area contributed by atoms with Crippen LogP contribution in [0.25, 0.3) is 0 Å². The van der Waals surface area contributed by atoms with Gasteiger partial charge in [-0.1, -0.05) is 44.2 Å². The largest absolute Gasteiger partial charge is 0.329 e. The quantitative estimate of drug-likeness (QED) is 0.818. The molecule has 0 atom stereocenters. The number of hydrogen-bond donors (Lipinski definition) is 2. The van der Waals surface area contributed by atoms with Crippen molar-refractivity contribution in [3.05, 3.63) is 35.9 Å². The predicted octanol–water partition coefficient (Wildman–Crippen LogP) is 2.54. The third-order valence-corrected chi connectivity index (χ3v) is 4.15. The van der Waals surface area contributed by atoms with Crippen LogP contribution in [0.5, 0.6) is 0 Å². The molecule has 0 unspecified atom stereocenters. The summed E-state index contributed by atoms with van der Waals surface area (Å²) >= 11 is 0. The molecule has 0 bridgehead atoms. The van der Waals surface area contributed by atoms with Gasteiger partial charge in [0.05, 0.1) is 0 Å². The zero-order valence-corrected chi connectivity index (χ0v) is 10.9. The van der Waals surface area contributed by atoms with Gasteiger partial charge in [-0.25, -0.2) is 0 Å². The van der Waals surface area contributed by atoms with Crippen LogP contribution < -0.4 is 11.1 Å². The first kappa shape index (κ1) is 12.6. The van der Waals surface area contributed by atoms with Crippen molar-refractivity contribution in [2.75, 3.05) is 6.54 Å². The average molecular weight is 232 g/mol. The molecule has 0 amide bonds. The molecule has 1 aromatic carbocycles. The molecular formula is C15H24N2. The van der Waals surface area contributed by atoms with Crippen molar-refractivity contribution in [3.63, 3.8) is 0 Å². The minimum absolute atomic E-state index is 0.199. The van der Waals surface area contributed by atoms with Crippen molar-refractivity contribution in [2.24, 2.45) is 17.6 Å². The Bertz CT molecular complexity index is 339. The number of nitrogens with one attached hydrogen (secondary N) is 1. The van der Waals surface area contributed by atoms with E-state index >= 15 is 0 Å². The molecule has 3 N–H and O–H groups in total. The second kappa shape index (κ2) is 5.19. The Morgan fingerprint density at radius 2 is 1.94 bits per heavy atom. The molecule has 0 saturated heterocycles. The number of benzene rings is 1. The molecule has 2 nitrogen and oxygen atoms in total. The van der Waals surface area contributed by atoms with E-state index in [9.17, 15) is 0 Å². The summed E-state index contributed by atoms with van der Waals surface area (Å²) in [4.78, 5) is 0. The average Bonchev–Trinajstić information content (AvgIpc) is 2.29. The van der Waals surface area contributed by atoms with E-state index in [1.54, 1.807) is 0 Å². The van der Waals surface area contributed by atoms with Crippen molar-refractivity contribution in [1.29, 1.82) is 0 Å². The van der Waals surface area contributed by atoms with Gasteiger partial charge in [-0.3, -0.25) is 0 Å². The van der Waals surface area contributed by atoms with E-state index in [1.165, 1.54) is 18.4 Å². The maximum absolute atomic E-state index is 5.93. The SMILES string of the molecule is CC(C)C1CC(CN)(NCc2ccccc2)C1. The highest BCUT2D eigenvalue weighted by atomic mass is 15.0. The highest BCUT2D eigenvalue weighted by Gasteiger charge is 2.43. The fraction of sp³-hybridized carbons (Fsp3) is 0.600. The Morgan fingerprint density at radius 3 is 2.47 bits per heavy atom. The van der Waals surface area contributed by atoms with Crippen LogP contribution in [0.3, 0.4) is 0 Å². The fourth-order valence-electron chi connectivity index (χ4n) is 2.68. The highest BCUT2D eigenvalue weighted by Crippen LogP contribution is 2.41. The van der Waals surface area contributed by atoms with E-state index in [0.717, 1.165) is 24.9 Å². The molecule has 1 saturated carbocycles. The molecule has 0 aromatic heterocycles. The van der Waals surface area contributed by atoms with Crippen molar-refractivity contribution in [2.45, 2.75) is 38.8 Å². The van der Waals surface area contributed by atoms with Crippen molar-refractivity contribution >= 4 is 0 Å². The van der Waals surface area contributed by atoms with Gasteiger partial charge in [-0.05, 0) is 30.2 Å². The summed E-state index contributed by atoms with van der Waals surface area (Å²) in [6, 6.07) is 10.6. The van der Waals surface area contributed by atoms with Gasteiger partial charge in [0.25, 0.3) is 0 Å². The summed E-state index contributed by atoms with van der Waals surface area (Å²) in [5.41, 5.74) is 7.47. The Morgan fingerprint density at radius 1 is 1.29 bits per heavy atom. The van der Waals surface area contributed by atoms with Crippen LogP contribution in [0, 0.1) is 11.8 Å². The molecule has 1 aromatic rings. The van der Waals surface area contributed by atoms with E-state index in [4.69, 9.17) is 5.73 Å². The molecule has 0 spiro atoms. The third kappa shape index (κ3) is 2.88. The van der Waals surface area contributed by atoms with Crippen LogP contribution in [0.1, 0.15) is 32.3 Å². The first-order valence-electron chi connectivity index (χ1n) is 6.64. The lowest BCUT2D eigenvalue weighted by atomic mass is 9.64. The summed E-state index contributed by atoms with van der Waals surface area (Å²) in [7, 11) is 0. The smallest absolute Gasteiger partial charge is 0.0312 e. The van der Waals surface area contributed by atoms with E-state index in [0.29, 0.717) is 0 Å². The Hall–Kier alpha value is -0.860. The van der Waals surface area contributed by atoms with Gasteiger partial charge in [0.15, 0.2) is 0 Å². The zero-order valence-electron chi connectivity index (χ0n) is 10.9. The van der Waals surface area contributed by atoms with Gasteiger partial charge < -0.3 is 11.1 Å². The van der Waals surface area contributed by atoms with Crippen molar-refractivity contribution < 1.29 is 0 Å². The van der Waals surface area contributed by atoms with Gasteiger partial charge in [0.2, 0.25) is 0 Å². The molecule has 1 fully saturated rings. The molecular weight excluding hydrogens is 208 g/mol. The number of hydrogen-bond acceptors (Lipinski definition) is 2. The molecule has 0 aliphatic heterocycles. The van der Waals surface area contributed by atoms with Crippen LogP contribution in [-0.4, -0.2) is 12.1 Å². The van der Waals surface area contributed by atoms with Crippen LogP contribution in [0.4, 0.5) is 0 Å². The van der Waals surface area contributed by atoms with Crippen LogP contribution >= 0.6 is 0 Å². The molecule has 1 aliphatic carbocycles. The monoisotopic (exact) mass is 232 g/mol. The predicted molar refractivity (Wildman–Crippen MR) is 72.6 cm³/mol. The zero-order chi connectivity index (χ0) is 12.3. The minimum atomic E-state index is 0.199. The maximum atomic E-state index is 5.93. The van der Waals surface area contributed by atoms with E-state index in [2.05, 4.69) is 49.5 Å². The Kier molecular flexibility index (Phi) is 3.85. The lowest BCUT2D eigenvalue weighted by Gasteiger charge is -2.50. The first-order chi connectivity index (χ1) is 8.15. The number of nitrogens with two attached hydrogens (primary N) is 1. The Labute approximate surface area is 105 Å². The Balaban J connectivity index is 1.86. The first-order valence-corrected chi connectivity index (χ1v) is 6.64. The van der Waals surface area contributed by atoms with Crippen LogP contribution in [0.15, 0.2) is 30.3 Å².